The summed E-state index contributed by atoms with van der Waals surface area (Å²) in [6.45, 7) is 6.88. The van der Waals surface area contributed by atoms with Crippen molar-refractivity contribution in [1.82, 2.24) is 25.3 Å². The zero-order valence-corrected chi connectivity index (χ0v) is 14.4. The number of likely N-dealkylation sites (tertiary alicyclic amines) is 1. The van der Waals surface area contributed by atoms with Gasteiger partial charge in [0.2, 0.25) is 5.91 Å². The molecule has 1 unspecified atom stereocenters. The fourth-order valence-electron chi connectivity index (χ4n) is 3.57. The standard InChI is InChI=1S/C18H25N5O2/c24-18-10-16(13-23(18)4-3-22-5-7-25-8-6-22)19-11-14-1-2-15-12-20-21-17(15)9-14/h1-2,9,12,16,19H,3-8,10-11,13H2,(H,20,21). The van der Waals surface area contributed by atoms with Crippen LogP contribution in [0, 0.1) is 0 Å². The Hall–Kier alpha value is -1.96. The second-order valence-corrected chi connectivity index (χ2v) is 6.87. The van der Waals surface area contributed by atoms with Crippen LogP contribution in [0.3, 0.4) is 0 Å². The second kappa shape index (κ2) is 7.51. The van der Waals surface area contributed by atoms with Gasteiger partial charge in [0.25, 0.3) is 0 Å². The molecule has 0 aliphatic carbocycles. The van der Waals surface area contributed by atoms with Gasteiger partial charge in [-0.15, -0.1) is 0 Å². The van der Waals surface area contributed by atoms with Gasteiger partial charge in [-0.2, -0.15) is 5.10 Å². The highest BCUT2D eigenvalue weighted by atomic mass is 16.5. The summed E-state index contributed by atoms with van der Waals surface area (Å²) in [6.07, 6.45) is 2.42. The monoisotopic (exact) mass is 343 g/mol. The van der Waals surface area contributed by atoms with Gasteiger partial charge in [0.15, 0.2) is 0 Å². The summed E-state index contributed by atoms with van der Waals surface area (Å²) in [6, 6.07) is 6.53. The first kappa shape index (κ1) is 16.5. The molecule has 3 heterocycles. The first-order valence-electron chi connectivity index (χ1n) is 9.01. The van der Waals surface area contributed by atoms with Crippen LogP contribution in [-0.4, -0.2) is 77.9 Å². The minimum Gasteiger partial charge on any atom is -0.379 e. The number of nitrogens with one attached hydrogen (secondary N) is 2. The normalized spacial score (nSPS) is 22.2. The Bertz CT molecular complexity index is 725. The van der Waals surface area contributed by atoms with Crippen LogP contribution in [0.2, 0.25) is 0 Å². The van der Waals surface area contributed by atoms with E-state index in [-0.39, 0.29) is 11.9 Å². The van der Waals surface area contributed by atoms with Crippen LogP contribution in [0.25, 0.3) is 10.9 Å². The Morgan fingerprint density at radius 3 is 3.04 bits per heavy atom. The molecule has 2 aliphatic heterocycles. The summed E-state index contributed by atoms with van der Waals surface area (Å²) in [5.41, 5.74) is 2.25. The number of benzene rings is 1. The number of aromatic nitrogens is 2. The lowest BCUT2D eigenvalue weighted by Gasteiger charge is -2.28. The molecule has 0 bridgehead atoms. The van der Waals surface area contributed by atoms with E-state index < -0.39 is 0 Å². The van der Waals surface area contributed by atoms with Crippen LogP contribution >= 0.6 is 0 Å². The van der Waals surface area contributed by atoms with E-state index in [0.717, 1.165) is 63.4 Å². The SMILES string of the molecule is O=C1CC(NCc2ccc3cn[nH]c3c2)CN1CCN1CCOCC1. The van der Waals surface area contributed by atoms with Gasteiger partial charge in [0, 0.05) is 57.1 Å². The van der Waals surface area contributed by atoms with Crippen molar-refractivity contribution in [1.29, 1.82) is 0 Å². The number of hydrogen-bond donors (Lipinski definition) is 2. The molecule has 0 spiro atoms. The van der Waals surface area contributed by atoms with Gasteiger partial charge in [0.1, 0.15) is 0 Å². The summed E-state index contributed by atoms with van der Waals surface area (Å²) < 4.78 is 5.37. The van der Waals surface area contributed by atoms with Crippen LogP contribution in [0.4, 0.5) is 0 Å². The average molecular weight is 343 g/mol. The molecular weight excluding hydrogens is 318 g/mol. The number of nitrogens with zero attached hydrogens (tertiary/aromatic N) is 3. The molecule has 2 N–H and O–H groups in total. The van der Waals surface area contributed by atoms with Gasteiger partial charge in [-0.3, -0.25) is 14.8 Å². The van der Waals surface area contributed by atoms with Crippen molar-refractivity contribution < 1.29 is 9.53 Å². The molecule has 2 fully saturated rings. The number of carbonyl (C=O) groups is 1. The highest BCUT2D eigenvalue weighted by molar-refractivity contribution is 5.79. The number of amides is 1. The highest BCUT2D eigenvalue weighted by Gasteiger charge is 2.29. The Morgan fingerprint density at radius 2 is 2.16 bits per heavy atom. The maximum absolute atomic E-state index is 12.2. The molecule has 1 atom stereocenters. The minimum atomic E-state index is 0.231. The van der Waals surface area contributed by atoms with Gasteiger partial charge < -0.3 is 15.0 Å². The summed E-state index contributed by atoms with van der Waals surface area (Å²) in [5.74, 6) is 0.259. The predicted molar refractivity (Wildman–Crippen MR) is 95.2 cm³/mol. The molecular formula is C18H25N5O2. The van der Waals surface area contributed by atoms with E-state index in [1.54, 1.807) is 0 Å². The number of hydrogen-bond acceptors (Lipinski definition) is 5. The number of rotatable bonds is 6. The molecule has 0 saturated carbocycles. The maximum Gasteiger partial charge on any atom is 0.224 e. The zero-order chi connectivity index (χ0) is 17.1. The van der Waals surface area contributed by atoms with E-state index in [9.17, 15) is 4.79 Å². The molecule has 2 aliphatic rings. The topological polar surface area (TPSA) is 73.5 Å². The number of ether oxygens (including phenoxy) is 1. The first-order valence-corrected chi connectivity index (χ1v) is 9.01. The van der Waals surface area contributed by atoms with Crippen LogP contribution in [0.5, 0.6) is 0 Å². The fourth-order valence-corrected chi connectivity index (χ4v) is 3.57. The first-order chi connectivity index (χ1) is 12.3. The van der Waals surface area contributed by atoms with Crippen molar-refractivity contribution in [3.63, 3.8) is 0 Å². The van der Waals surface area contributed by atoms with Gasteiger partial charge in [-0.25, -0.2) is 0 Å². The number of H-pyrrole nitrogens is 1. The Labute approximate surface area is 147 Å². The zero-order valence-electron chi connectivity index (χ0n) is 14.4. The molecule has 7 nitrogen and oxygen atoms in total. The third-order valence-corrected chi connectivity index (χ3v) is 5.11. The van der Waals surface area contributed by atoms with Gasteiger partial charge in [0.05, 0.1) is 24.9 Å². The fraction of sp³-hybridized carbons (Fsp3) is 0.556. The number of carbonyl (C=O) groups excluding carboxylic acids is 1. The second-order valence-electron chi connectivity index (χ2n) is 6.87. The van der Waals surface area contributed by atoms with E-state index in [2.05, 4.69) is 38.6 Å². The molecule has 1 aromatic carbocycles. The Morgan fingerprint density at radius 1 is 1.28 bits per heavy atom. The highest BCUT2D eigenvalue weighted by Crippen LogP contribution is 2.15. The lowest BCUT2D eigenvalue weighted by molar-refractivity contribution is -0.128. The van der Waals surface area contributed by atoms with Crippen molar-refractivity contribution >= 4 is 16.8 Å². The predicted octanol–water partition coefficient (Wildman–Crippen LogP) is 0.586. The summed E-state index contributed by atoms with van der Waals surface area (Å²) >= 11 is 0. The summed E-state index contributed by atoms with van der Waals surface area (Å²) in [5, 5.41) is 11.7. The molecule has 25 heavy (non-hydrogen) atoms. The number of aromatic amines is 1. The molecule has 2 saturated heterocycles. The van der Waals surface area contributed by atoms with Crippen molar-refractivity contribution in [2.45, 2.75) is 19.0 Å². The third-order valence-electron chi connectivity index (χ3n) is 5.11. The molecule has 2 aromatic rings. The molecule has 1 amide bonds. The van der Waals surface area contributed by atoms with E-state index >= 15 is 0 Å². The lowest BCUT2D eigenvalue weighted by atomic mass is 10.1. The Balaban J connectivity index is 1.25. The molecule has 4 rings (SSSR count). The minimum absolute atomic E-state index is 0.231. The summed E-state index contributed by atoms with van der Waals surface area (Å²) in [7, 11) is 0. The van der Waals surface area contributed by atoms with Crippen LogP contribution in [-0.2, 0) is 16.1 Å². The number of morpholine rings is 1. The molecule has 0 radical (unpaired) electrons. The largest absolute Gasteiger partial charge is 0.379 e. The average Bonchev–Trinajstić information content (AvgIpc) is 3.25. The van der Waals surface area contributed by atoms with E-state index in [1.165, 1.54) is 5.56 Å². The maximum atomic E-state index is 12.2. The van der Waals surface area contributed by atoms with Gasteiger partial charge in [-0.1, -0.05) is 12.1 Å². The van der Waals surface area contributed by atoms with Gasteiger partial charge >= 0.3 is 0 Å². The van der Waals surface area contributed by atoms with Crippen molar-refractivity contribution in [2.75, 3.05) is 45.9 Å². The van der Waals surface area contributed by atoms with Gasteiger partial charge in [-0.05, 0) is 11.6 Å². The van der Waals surface area contributed by atoms with Crippen LogP contribution in [0.1, 0.15) is 12.0 Å². The molecule has 134 valence electrons. The number of fused-ring (bicyclic) bond motifs is 1. The van der Waals surface area contributed by atoms with E-state index in [0.29, 0.717) is 6.42 Å². The smallest absolute Gasteiger partial charge is 0.224 e. The van der Waals surface area contributed by atoms with E-state index in [4.69, 9.17) is 4.74 Å². The van der Waals surface area contributed by atoms with Crippen molar-refractivity contribution in [2.24, 2.45) is 0 Å². The molecule has 1 aromatic heterocycles. The molecule has 7 heteroatoms. The van der Waals surface area contributed by atoms with Crippen LogP contribution in [0.15, 0.2) is 24.4 Å². The quantitative estimate of drug-likeness (QED) is 0.803. The summed E-state index contributed by atoms with van der Waals surface area (Å²) in [4.78, 5) is 16.6. The third kappa shape index (κ3) is 4.00. The Kier molecular flexibility index (Phi) is 4.96. The lowest BCUT2D eigenvalue weighted by Crippen LogP contribution is -2.42. The van der Waals surface area contributed by atoms with E-state index in [1.807, 2.05) is 11.1 Å². The van der Waals surface area contributed by atoms with Crippen LogP contribution < -0.4 is 5.32 Å². The van der Waals surface area contributed by atoms with Crippen molar-refractivity contribution in [3.8, 4) is 0 Å². The van der Waals surface area contributed by atoms with Crippen molar-refractivity contribution in [3.05, 3.63) is 30.0 Å².